The maximum atomic E-state index is 14.2. The molecular weight excluding hydrogens is 578 g/mol. The zero-order valence-corrected chi connectivity index (χ0v) is 23.4. The second kappa shape index (κ2) is 12.0. The molecule has 3 amide bonds. The van der Waals surface area contributed by atoms with E-state index in [0.29, 0.717) is 28.7 Å². The van der Waals surface area contributed by atoms with E-state index in [4.69, 9.17) is 0 Å². The van der Waals surface area contributed by atoms with Crippen LogP contribution in [0.15, 0.2) is 78.9 Å². The summed E-state index contributed by atoms with van der Waals surface area (Å²) in [7, 11) is 0. The van der Waals surface area contributed by atoms with Crippen LogP contribution < -0.4 is 15.5 Å². The van der Waals surface area contributed by atoms with Crippen LogP contribution in [-0.4, -0.2) is 40.1 Å². The molecule has 3 aromatic carbocycles. The first-order valence-electron chi connectivity index (χ1n) is 13.5. The highest BCUT2D eigenvalue weighted by atomic mass is 19.4. The lowest BCUT2D eigenvalue weighted by molar-refractivity contribution is -0.137. The van der Waals surface area contributed by atoms with Gasteiger partial charge in [-0.15, -0.1) is 5.10 Å². The van der Waals surface area contributed by atoms with Gasteiger partial charge in [-0.3, -0.25) is 24.6 Å². The number of aromatic nitrogens is 2. The van der Waals surface area contributed by atoms with Crippen molar-refractivity contribution in [3.05, 3.63) is 107 Å². The minimum atomic E-state index is -4.69. The lowest BCUT2D eigenvalue weighted by Crippen LogP contribution is -2.55. The van der Waals surface area contributed by atoms with Gasteiger partial charge in [-0.1, -0.05) is 42.3 Å². The fourth-order valence-corrected chi connectivity index (χ4v) is 5.18. The fraction of sp³-hybridized carbons (Fsp3) is 0.188. The standard InChI is InChI=1S/C32H25F4N5O3/c1-3-9-24(42)37-28-26-25(19-14-16-22(33)17-15-19)27(38-29(43)20-10-8-11-21(18-20)32(34,35)36)31(44)40(4-2)30(26)41(39-28)23-12-6-5-7-13-23/h5-8,10-18,25,27H,4H2,1-2H3,(H,38,43)(H,37,39,42)/t25-,27-/m0/s1. The van der Waals surface area contributed by atoms with Crippen LogP contribution in [0.3, 0.4) is 0 Å². The molecule has 44 heavy (non-hydrogen) atoms. The van der Waals surface area contributed by atoms with Crippen LogP contribution in [-0.2, 0) is 15.8 Å². The predicted molar refractivity (Wildman–Crippen MR) is 155 cm³/mol. The third kappa shape index (κ3) is 5.76. The number of amides is 3. The van der Waals surface area contributed by atoms with E-state index >= 15 is 0 Å². The average molecular weight is 604 g/mol. The van der Waals surface area contributed by atoms with Crippen molar-refractivity contribution in [2.24, 2.45) is 0 Å². The Morgan fingerprint density at radius 1 is 1.00 bits per heavy atom. The highest BCUT2D eigenvalue weighted by Crippen LogP contribution is 2.45. The summed E-state index contributed by atoms with van der Waals surface area (Å²) in [6.45, 7) is 3.29. The molecule has 1 aromatic heterocycles. The predicted octanol–water partition coefficient (Wildman–Crippen LogP) is 5.29. The van der Waals surface area contributed by atoms with Gasteiger partial charge in [-0.05, 0) is 67.8 Å². The van der Waals surface area contributed by atoms with Gasteiger partial charge in [-0.25, -0.2) is 9.07 Å². The maximum absolute atomic E-state index is 14.2. The van der Waals surface area contributed by atoms with Gasteiger partial charge in [0.05, 0.1) is 11.3 Å². The van der Waals surface area contributed by atoms with Gasteiger partial charge in [0, 0.05) is 23.6 Å². The summed E-state index contributed by atoms with van der Waals surface area (Å²) >= 11 is 0. The van der Waals surface area contributed by atoms with Crippen molar-refractivity contribution in [1.29, 1.82) is 0 Å². The van der Waals surface area contributed by atoms with E-state index in [0.717, 1.165) is 12.1 Å². The Bertz CT molecular complexity index is 1790. The van der Waals surface area contributed by atoms with E-state index in [2.05, 4.69) is 27.6 Å². The molecule has 2 N–H and O–H groups in total. The summed E-state index contributed by atoms with van der Waals surface area (Å²) in [6.07, 6.45) is -4.69. The normalized spacial score (nSPS) is 16.0. The number of anilines is 2. The molecule has 2 heterocycles. The van der Waals surface area contributed by atoms with E-state index in [1.807, 2.05) is 0 Å². The Morgan fingerprint density at radius 2 is 1.70 bits per heavy atom. The first kappa shape index (κ1) is 30.0. The number of hydrogen-bond donors (Lipinski definition) is 2. The third-order valence-corrected chi connectivity index (χ3v) is 7.08. The molecule has 0 fully saturated rings. The SMILES string of the molecule is CC#CC(=O)Nc1nn(-c2ccccc2)c2c1[C@H](c1ccc(F)cc1)[C@H](NC(=O)c1cccc(C(F)(F)F)c1)C(=O)N2CC. The van der Waals surface area contributed by atoms with Crippen LogP contribution in [0, 0.1) is 17.7 Å². The van der Waals surface area contributed by atoms with Crippen molar-refractivity contribution in [1.82, 2.24) is 15.1 Å². The summed E-state index contributed by atoms with van der Waals surface area (Å²) in [5.74, 6) is 1.43. The van der Waals surface area contributed by atoms with E-state index in [9.17, 15) is 31.9 Å². The molecule has 0 radical (unpaired) electrons. The molecule has 0 aliphatic carbocycles. The monoisotopic (exact) mass is 603 g/mol. The molecular formula is C32H25F4N5O3. The van der Waals surface area contributed by atoms with Gasteiger partial charge >= 0.3 is 12.1 Å². The topological polar surface area (TPSA) is 96.3 Å². The number of carbonyl (C=O) groups excluding carboxylic acids is 3. The van der Waals surface area contributed by atoms with Gasteiger partial charge < -0.3 is 5.32 Å². The van der Waals surface area contributed by atoms with Gasteiger partial charge in [0.15, 0.2) is 5.82 Å². The van der Waals surface area contributed by atoms with Crippen LogP contribution in [0.2, 0.25) is 0 Å². The van der Waals surface area contributed by atoms with Gasteiger partial charge in [0.1, 0.15) is 17.7 Å². The minimum Gasteiger partial charge on any atom is -0.339 e. The molecule has 5 rings (SSSR count). The number of para-hydroxylation sites is 1. The number of benzene rings is 3. The van der Waals surface area contributed by atoms with Crippen LogP contribution >= 0.6 is 0 Å². The van der Waals surface area contributed by atoms with Crippen LogP contribution in [0.25, 0.3) is 5.69 Å². The molecule has 1 aliphatic rings. The average Bonchev–Trinajstić information content (AvgIpc) is 3.36. The zero-order valence-electron chi connectivity index (χ0n) is 23.4. The molecule has 0 unspecified atom stereocenters. The summed E-state index contributed by atoms with van der Waals surface area (Å²) < 4.78 is 55.7. The molecule has 8 nitrogen and oxygen atoms in total. The highest BCUT2D eigenvalue weighted by molar-refractivity contribution is 6.08. The van der Waals surface area contributed by atoms with Gasteiger partial charge in [-0.2, -0.15) is 13.2 Å². The van der Waals surface area contributed by atoms with Crippen molar-refractivity contribution in [3.63, 3.8) is 0 Å². The molecule has 0 saturated heterocycles. The third-order valence-electron chi connectivity index (χ3n) is 7.08. The molecule has 2 atom stereocenters. The largest absolute Gasteiger partial charge is 0.416 e. The summed E-state index contributed by atoms with van der Waals surface area (Å²) in [6, 6.07) is 16.5. The Balaban J connectivity index is 1.72. The minimum absolute atomic E-state index is 0.0372. The number of likely N-dealkylation sites (N-methyl/N-ethyl adjacent to an activating group) is 1. The van der Waals surface area contributed by atoms with Crippen LogP contribution in [0.5, 0.6) is 0 Å². The number of halogens is 4. The number of rotatable bonds is 6. The summed E-state index contributed by atoms with van der Waals surface area (Å²) in [5.41, 5.74) is -0.0791. The molecule has 224 valence electrons. The maximum Gasteiger partial charge on any atom is 0.416 e. The fourth-order valence-electron chi connectivity index (χ4n) is 5.18. The molecule has 4 aromatic rings. The van der Waals surface area contributed by atoms with Crippen molar-refractivity contribution in [3.8, 4) is 17.5 Å². The van der Waals surface area contributed by atoms with Gasteiger partial charge in [0.2, 0.25) is 0 Å². The number of carbonyl (C=O) groups is 3. The van der Waals surface area contributed by atoms with E-state index in [1.165, 1.54) is 46.8 Å². The summed E-state index contributed by atoms with van der Waals surface area (Å²) in [5, 5.41) is 9.92. The van der Waals surface area contributed by atoms with Crippen molar-refractivity contribution < 1.29 is 31.9 Å². The number of nitrogens with zero attached hydrogens (tertiary/aromatic N) is 3. The quantitative estimate of drug-likeness (QED) is 0.231. The molecule has 0 saturated carbocycles. The van der Waals surface area contributed by atoms with Crippen molar-refractivity contribution >= 4 is 29.4 Å². The Kier molecular flexibility index (Phi) is 8.22. The lowest BCUT2D eigenvalue weighted by Gasteiger charge is -2.38. The van der Waals surface area contributed by atoms with Crippen molar-refractivity contribution in [2.75, 3.05) is 16.8 Å². The number of nitrogens with one attached hydrogen (secondary N) is 2. The molecule has 0 spiro atoms. The van der Waals surface area contributed by atoms with Crippen LogP contribution in [0.4, 0.5) is 29.2 Å². The van der Waals surface area contributed by atoms with Crippen LogP contribution in [0.1, 0.15) is 46.8 Å². The van der Waals surface area contributed by atoms with Gasteiger partial charge in [0.25, 0.3) is 11.8 Å². The molecule has 12 heteroatoms. The second-order valence-corrected chi connectivity index (χ2v) is 9.80. The Morgan fingerprint density at radius 3 is 2.34 bits per heavy atom. The Labute approximate surface area is 249 Å². The summed E-state index contributed by atoms with van der Waals surface area (Å²) in [4.78, 5) is 41.7. The highest BCUT2D eigenvalue weighted by Gasteiger charge is 2.46. The van der Waals surface area contributed by atoms with E-state index in [-0.39, 0.29) is 17.9 Å². The second-order valence-electron chi connectivity index (χ2n) is 9.80. The zero-order chi connectivity index (χ0) is 31.6. The first-order chi connectivity index (χ1) is 21.0. The smallest absolute Gasteiger partial charge is 0.339 e. The first-order valence-corrected chi connectivity index (χ1v) is 13.5. The molecule has 0 bridgehead atoms. The van der Waals surface area contributed by atoms with E-state index in [1.54, 1.807) is 37.3 Å². The lowest BCUT2D eigenvalue weighted by atomic mass is 9.81. The Hall–Kier alpha value is -5.44. The number of hydrogen-bond acceptors (Lipinski definition) is 4. The van der Waals surface area contributed by atoms with Crippen molar-refractivity contribution in [2.45, 2.75) is 32.0 Å². The molecule has 1 aliphatic heterocycles. The number of alkyl halides is 3. The van der Waals surface area contributed by atoms with E-state index < -0.39 is 47.2 Å². The number of fused-ring (bicyclic) bond motifs is 1.